The van der Waals surface area contributed by atoms with E-state index in [0.717, 1.165) is 11.1 Å². The first-order valence-corrected chi connectivity index (χ1v) is 10.9. The minimum absolute atomic E-state index is 0.110. The van der Waals surface area contributed by atoms with Gasteiger partial charge in [0, 0.05) is 11.6 Å². The van der Waals surface area contributed by atoms with Crippen LogP contribution in [0.25, 0.3) is 0 Å². The van der Waals surface area contributed by atoms with E-state index in [2.05, 4.69) is 10.4 Å². The third-order valence-corrected chi connectivity index (χ3v) is 5.86. The summed E-state index contributed by atoms with van der Waals surface area (Å²) >= 11 is 12.6. The molecular weight excluding hydrogens is 469 g/mol. The van der Waals surface area contributed by atoms with Crippen molar-refractivity contribution in [2.45, 2.75) is 33.0 Å². The summed E-state index contributed by atoms with van der Waals surface area (Å²) in [4.78, 5) is 25.2. The van der Waals surface area contributed by atoms with Crippen molar-refractivity contribution in [3.8, 4) is 11.5 Å². The second-order valence-electron chi connectivity index (χ2n) is 7.45. The van der Waals surface area contributed by atoms with E-state index in [-0.39, 0.29) is 30.6 Å². The van der Waals surface area contributed by atoms with E-state index in [0.29, 0.717) is 22.2 Å². The van der Waals surface area contributed by atoms with Crippen LogP contribution in [0.5, 0.6) is 11.5 Å². The van der Waals surface area contributed by atoms with Gasteiger partial charge in [0.05, 0.1) is 12.2 Å². The van der Waals surface area contributed by atoms with Crippen molar-refractivity contribution in [3.05, 3.63) is 75.0 Å². The van der Waals surface area contributed by atoms with Gasteiger partial charge in [-0.1, -0.05) is 47.5 Å². The lowest BCUT2D eigenvalue weighted by Crippen LogP contribution is -2.35. The van der Waals surface area contributed by atoms with Crippen LogP contribution in [0.4, 0.5) is 0 Å². The maximum atomic E-state index is 12.7. The Bertz CT molecular complexity index is 1210. The molecule has 3 aromatic rings. The number of fused-ring (bicyclic) bond motifs is 1. The zero-order valence-electron chi connectivity index (χ0n) is 17.9. The van der Waals surface area contributed by atoms with Gasteiger partial charge in [0.25, 0.3) is 5.91 Å². The van der Waals surface area contributed by atoms with Crippen LogP contribution < -0.4 is 14.8 Å². The maximum Gasteiger partial charge on any atom is 0.343 e. The summed E-state index contributed by atoms with van der Waals surface area (Å²) in [6.07, 6.45) is -1.03. The van der Waals surface area contributed by atoms with E-state index in [1.54, 1.807) is 25.1 Å². The average molecular weight is 490 g/mol. The number of benzene rings is 2. The first-order chi connectivity index (χ1) is 15.8. The van der Waals surface area contributed by atoms with Crippen molar-refractivity contribution >= 4 is 35.1 Å². The lowest BCUT2D eigenvalue weighted by Gasteiger charge is -2.14. The predicted molar refractivity (Wildman–Crippen MR) is 122 cm³/mol. The van der Waals surface area contributed by atoms with E-state index >= 15 is 0 Å². The predicted octanol–water partition coefficient (Wildman–Crippen LogP) is 4.14. The number of carbonyl (C=O) groups is 2. The van der Waals surface area contributed by atoms with Gasteiger partial charge in [-0.05, 0) is 43.2 Å². The Morgan fingerprint density at radius 2 is 1.94 bits per heavy atom. The standard InChI is InChI=1S/C23H21Cl2N3O5/c1-13-20(21(25)28(27-13)11-16-5-3-4-6-17(16)24)23(30)33-14(2)22(29)26-10-15-7-8-18-19(9-15)32-12-31-18/h3-9,14H,10-12H2,1-2H3,(H,26,29). The molecule has 0 spiro atoms. The number of aromatic nitrogens is 2. The second-order valence-corrected chi connectivity index (χ2v) is 8.22. The quantitative estimate of drug-likeness (QED) is 0.501. The molecule has 1 atom stereocenters. The maximum absolute atomic E-state index is 12.7. The number of halogens is 2. The van der Waals surface area contributed by atoms with E-state index in [4.69, 9.17) is 37.4 Å². The zero-order valence-corrected chi connectivity index (χ0v) is 19.4. The first kappa shape index (κ1) is 22.9. The summed E-state index contributed by atoms with van der Waals surface area (Å²) < 4.78 is 17.4. The van der Waals surface area contributed by atoms with Crippen molar-refractivity contribution in [1.82, 2.24) is 15.1 Å². The minimum atomic E-state index is -1.03. The molecule has 0 bridgehead atoms. The summed E-state index contributed by atoms with van der Waals surface area (Å²) in [7, 11) is 0. The fourth-order valence-corrected chi connectivity index (χ4v) is 3.84. The topological polar surface area (TPSA) is 91.7 Å². The highest BCUT2D eigenvalue weighted by Gasteiger charge is 2.26. The van der Waals surface area contributed by atoms with Crippen LogP contribution in [-0.2, 0) is 22.6 Å². The number of rotatable bonds is 7. The van der Waals surface area contributed by atoms with Crippen LogP contribution >= 0.6 is 23.2 Å². The van der Waals surface area contributed by atoms with Gasteiger partial charge in [-0.15, -0.1) is 0 Å². The molecule has 8 nitrogen and oxygen atoms in total. The number of ether oxygens (including phenoxy) is 3. The average Bonchev–Trinajstić information content (AvgIpc) is 3.36. The lowest BCUT2D eigenvalue weighted by atomic mass is 10.2. The zero-order chi connectivity index (χ0) is 23.5. The number of amides is 1. The van der Waals surface area contributed by atoms with Gasteiger partial charge in [0.1, 0.15) is 10.7 Å². The van der Waals surface area contributed by atoms with Crippen LogP contribution in [0, 0.1) is 6.92 Å². The first-order valence-electron chi connectivity index (χ1n) is 10.2. The molecule has 0 aliphatic carbocycles. The van der Waals surface area contributed by atoms with E-state index < -0.39 is 18.0 Å². The van der Waals surface area contributed by atoms with Crippen LogP contribution in [0.3, 0.4) is 0 Å². The largest absolute Gasteiger partial charge is 0.454 e. The smallest absolute Gasteiger partial charge is 0.343 e. The van der Waals surface area contributed by atoms with Gasteiger partial charge in [0.15, 0.2) is 17.6 Å². The molecule has 33 heavy (non-hydrogen) atoms. The van der Waals surface area contributed by atoms with Crippen LogP contribution in [0.15, 0.2) is 42.5 Å². The minimum Gasteiger partial charge on any atom is -0.454 e. The van der Waals surface area contributed by atoms with Gasteiger partial charge in [-0.25, -0.2) is 9.48 Å². The van der Waals surface area contributed by atoms with Gasteiger partial charge in [0.2, 0.25) is 6.79 Å². The third-order valence-electron chi connectivity index (χ3n) is 5.10. The highest BCUT2D eigenvalue weighted by molar-refractivity contribution is 6.33. The molecule has 2 heterocycles. The molecule has 1 amide bonds. The van der Waals surface area contributed by atoms with Crippen LogP contribution in [0.1, 0.15) is 34.1 Å². The molecule has 0 radical (unpaired) electrons. The molecule has 0 saturated heterocycles. The van der Waals surface area contributed by atoms with Crippen LogP contribution in [-0.4, -0.2) is 34.6 Å². The Kier molecular flexibility index (Phi) is 6.76. The van der Waals surface area contributed by atoms with Crippen molar-refractivity contribution in [2.75, 3.05) is 6.79 Å². The van der Waals surface area contributed by atoms with Crippen molar-refractivity contribution in [1.29, 1.82) is 0 Å². The molecule has 1 aliphatic heterocycles. The molecule has 0 fully saturated rings. The number of nitrogens with one attached hydrogen (secondary N) is 1. The molecule has 2 aromatic carbocycles. The Morgan fingerprint density at radius 3 is 2.73 bits per heavy atom. The highest BCUT2D eigenvalue weighted by atomic mass is 35.5. The fraction of sp³-hybridized carbons (Fsp3) is 0.261. The second kappa shape index (κ2) is 9.72. The summed E-state index contributed by atoms with van der Waals surface area (Å²) in [6, 6.07) is 12.7. The number of esters is 1. The molecule has 1 N–H and O–H groups in total. The molecule has 1 aromatic heterocycles. The van der Waals surface area contributed by atoms with E-state index in [1.807, 2.05) is 24.3 Å². The molecular formula is C23H21Cl2N3O5. The highest BCUT2D eigenvalue weighted by Crippen LogP contribution is 2.32. The fourth-order valence-electron chi connectivity index (χ4n) is 3.33. The van der Waals surface area contributed by atoms with Crippen molar-refractivity contribution < 1.29 is 23.8 Å². The lowest BCUT2D eigenvalue weighted by molar-refractivity contribution is -0.129. The number of nitrogens with zero attached hydrogens (tertiary/aromatic N) is 2. The Labute approximate surface area is 200 Å². The number of hydrogen-bond donors (Lipinski definition) is 1. The van der Waals surface area contributed by atoms with Crippen molar-refractivity contribution in [2.24, 2.45) is 0 Å². The van der Waals surface area contributed by atoms with E-state index in [1.165, 1.54) is 11.6 Å². The van der Waals surface area contributed by atoms with E-state index in [9.17, 15) is 9.59 Å². The molecule has 172 valence electrons. The summed E-state index contributed by atoms with van der Waals surface area (Å²) in [6.45, 7) is 3.85. The number of aryl methyl sites for hydroxylation is 1. The summed E-state index contributed by atoms with van der Waals surface area (Å²) in [5.74, 6) is 0.113. The molecule has 1 unspecified atom stereocenters. The van der Waals surface area contributed by atoms with Gasteiger partial charge in [-0.2, -0.15) is 5.10 Å². The molecule has 4 rings (SSSR count). The Morgan fingerprint density at radius 1 is 1.18 bits per heavy atom. The summed E-state index contributed by atoms with van der Waals surface area (Å²) in [5.41, 5.74) is 2.13. The number of hydrogen-bond acceptors (Lipinski definition) is 6. The summed E-state index contributed by atoms with van der Waals surface area (Å²) in [5, 5.41) is 7.75. The Hall–Kier alpha value is -3.23. The molecule has 10 heteroatoms. The van der Waals surface area contributed by atoms with Gasteiger partial charge >= 0.3 is 5.97 Å². The normalized spacial score (nSPS) is 13.0. The monoisotopic (exact) mass is 489 g/mol. The van der Waals surface area contributed by atoms with Gasteiger partial charge < -0.3 is 19.5 Å². The number of carbonyl (C=O) groups excluding carboxylic acids is 2. The van der Waals surface area contributed by atoms with Gasteiger partial charge in [-0.3, -0.25) is 4.79 Å². The molecule has 1 aliphatic rings. The van der Waals surface area contributed by atoms with Crippen molar-refractivity contribution in [3.63, 3.8) is 0 Å². The third kappa shape index (κ3) is 5.07. The SMILES string of the molecule is Cc1nn(Cc2ccccc2Cl)c(Cl)c1C(=O)OC(C)C(=O)NCc1ccc2c(c1)OCO2. The van der Waals surface area contributed by atoms with Crippen LogP contribution in [0.2, 0.25) is 10.2 Å². The molecule has 0 saturated carbocycles. The Balaban J connectivity index is 1.37.